The number of carbonyl (C=O) groups excluding carboxylic acids is 1. The van der Waals surface area contributed by atoms with Crippen molar-refractivity contribution >= 4 is 5.91 Å². The number of nitrogens with two attached hydrogens (primary N) is 1. The van der Waals surface area contributed by atoms with Gasteiger partial charge in [-0.2, -0.15) is 0 Å². The van der Waals surface area contributed by atoms with E-state index in [9.17, 15) is 4.79 Å². The minimum absolute atomic E-state index is 0.0330. The molecule has 2 aliphatic rings. The van der Waals surface area contributed by atoms with Gasteiger partial charge >= 0.3 is 0 Å². The number of amides is 1. The Balaban J connectivity index is 1.50. The van der Waals surface area contributed by atoms with E-state index in [1.807, 2.05) is 0 Å². The predicted octanol–water partition coefficient (Wildman–Crippen LogP) is 2.52. The SMILES string of the molecule is CCN(CC)Cc1ccc(CNC(=O)C2C3CCC(C3)C2N)cc1. The highest BCUT2D eigenvalue weighted by Gasteiger charge is 2.48. The number of hydrogen-bond donors (Lipinski definition) is 2. The lowest BCUT2D eigenvalue weighted by atomic mass is 9.84. The fraction of sp³-hybridized carbons (Fsp3) is 0.650. The molecule has 4 nitrogen and oxygen atoms in total. The first-order valence-corrected chi connectivity index (χ1v) is 9.45. The molecule has 4 heteroatoms. The molecule has 2 saturated carbocycles. The summed E-state index contributed by atoms with van der Waals surface area (Å²) in [5.74, 6) is 1.28. The van der Waals surface area contributed by atoms with Crippen molar-refractivity contribution in [3.8, 4) is 0 Å². The highest BCUT2D eigenvalue weighted by atomic mass is 16.1. The van der Waals surface area contributed by atoms with Crippen LogP contribution < -0.4 is 11.1 Å². The minimum atomic E-state index is 0.0330. The van der Waals surface area contributed by atoms with Gasteiger partial charge in [-0.15, -0.1) is 0 Å². The predicted molar refractivity (Wildman–Crippen MR) is 97.2 cm³/mol. The Morgan fingerprint density at radius 1 is 1.12 bits per heavy atom. The summed E-state index contributed by atoms with van der Waals surface area (Å²) in [6, 6.07) is 8.66. The van der Waals surface area contributed by atoms with E-state index in [2.05, 4.69) is 48.3 Å². The summed E-state index contributed by atoms with van der Waals surface area (Å²) in [7, 11) is 0. The van der Waals surface area contributed by atoms with Crippen LogP contribution in [0.25, 0.3) is 0 Å². The monoisotopic (exact) mass is 329 g/mol. The van der Waals surface area contributed by atoms with E-state index < -0.39 is 0 Å². The van der Waals surface area contributed by atoms with Crippen molar-refractivity contribution in [2.75, 3.05) is 13.1 Å². The van der Waals surface area contributed by atoms with Crippen molar-refractivity contribution < 1.29 is 4.79 Å². The summed E-state index contributed by atoms with van der Waals surface area (Å²) in [5.41, 5.74) is 8.74. The van der Waals surface area contributed by atoms with Crippen molar-refractivity contribution in [3.63, 3.8) is 0 Å². The Bertz CT molecular complexity index is 551. The molecule has 2 fully saturated rings. The van der Waals surface area contributed by atoms with Crippen LogP contribution in [0.2, 0.25) is 0 Å². The molecule has 1 amide bonds. The van der Waals surface area contributed by atoms with Crippen LogP contribution in [0.1, 0.15) is 44.2 Å². The zero-order valence-corrected chi connectivity index (χ0v) is 15.0. The highest BCUT2D eigenvalue weighted by Crippen LogP contribution is 2.47. The van der Waals surface area contributed by atoms with Gasteiger partial charge in [0.05, 0.1) is 5.92 Å². The molecule has 0 heterocycles. The van der Waals surface area contributed by atoms with E-state index in [0.29, 0.717) is 18.4 Å². The molecule has 0 radical (unpaired) electrons. The lowest BCUT2D eigenvalue weighted by Crippen LogP contribution is -2.45. The molecule has 1 aromatic rings. The molecule has 3 N–H and O–H groups in total. The average molecular weight is 329 g/mol. The summed E-state index contributed by atoms with van der Waals surface area (Å²) >= 11 is 0. The Hall–Kier alpha value is -1.39. The van der Waals surface area contributed by atoms with Crippen molar-refractivity contribution in [2.45, 2.75) is 52.2 Å². The summed E-state index contributed by atoms with van der Waals surface area (Å²) in [6.45, 7) is 8.10. The molecule has 0 aliphatic heterocycles. The molecule has 24 heavy (non-hydrogen) atoms. The smallest absolute Gasteiger partial charge is 0.225 e. The maximum atomic E-state index is 12.5. The van der Waals surface area contributed by atoms with Gasteiger partial charge in [-0.1, -0.05) is 38.1 Å². The first-order valence-electron chi connectivity index (χ1n) is 9.45. The topological polar surface area (TPSA) is 58.4 Å². The maximum absolute atomic E-state index is 12.5. The molecule has 2 aliphatic carbocycles. The third-order valence-electron chi connectivity index (χ3n) is 6.07. The van der Waals surface area contributed by atoms with Gasteiger partial charge in [-0.05, 0) is 55.3 Å². The van der Waals surface area contributed by atoms with Gasteiger partial charge in [-0.3, -0.25) is 9.69 Å². The zero-order valence-electron chi connectivity index (χ0n) is 15.0. The number of hydrogen-bond acceptors (Lipinski definition) is 3. The first kappa shape index (κ1) is 17.4. The Kier molecular flexibility index (Phi) is 5.57. The van der Waals surface area contributed by atoms with Gasteiger partial charge in [0.25, 0.3) is 0 Å². The standard InChI is InChI=1S/C20H31N3O/c1-3-23(4-2)13-15-7-5-14(6-8-15)12-22-20(24)18-16-9-10-17(11-16)19(18)21/h5-8,16-19H,3-4,9-13,21H2,1-2H3,(H,22,24). The molecule has 0 aromatic heterocycles. The minimum Gasteiger partial charge on any atom is -0.352 e. The van der Waals surface area contributed by atoms with Crippen molar-refractivity contribution in [1.29, 1.82) is 0 Å². The fourth-order valence-electron chi connectivity index (χ4n) is 4.50. The molecular formula is C20H31N3O. The van der Waals surface area contributed by atoms with E-state index in [-0.39, 0.29) is 17.9 Å². The fourth-order valence-corrected chi connectivity index (χ4v) is 4.50. The lowest BCUT2D eigenvalue weighted by Gasteiger charge is -2.27. The number of rotatable bonds is 7. The molecule has 132 valence electrons. The van der Waals surface area contributed by atoms with Gasteiger partial charge in [0, 0.05) is 19.1 Å². The average Bonchev–Trinajstić information content (AvgIpc) is 3.19. The molecule has 1 aromatic carbocycles. The van der Waals surface area contributed by atoms with E-state index in [4.69, 9.17) is 5.73 Å². The van der Waals surface area contributed by atoms with Crippen LogP contribution in [0.15, 0.2) is 24.3 Å². The molecule has 3 rings (SSSR count). The third-order valence-corrected chi connectivity index (χ3v) is 6.07. The van der Waals surface area contributed by atoms with Crippen molar-refractivity contribution in [2.24, 2.45) is 23.5 Å². The summed E-state index contributed by atoms with van der Waals surface area (Å²) in [4.78, 5) is 14.9. The molecule has 2 bridgehead atoms. The summed E-state index contributed by atoms with van der Waals surface area (Å²) in [6.07, 6.45) is 3.54. The van der Waals surface area contributed by atoms with Crippen LogP contribution in [0, 0.1) is 17.8 Å². The van der Waals surface area contributed by atoms with Crippen LogP contribution in [-0.2, 0) is 17.9 Å². The van der Waals surface area contributed by atoms with Gasteiger partial charge in [0.2, 0.25) is 5.91 Å². The zero-order chi connectivity index (χ0) is 17.1. The number of nitrogens with one attached hydrogen (secondary N) is 1. The molecular weight excluding hydrogens is 298 g/mol. The highest BCUT2D eigenvalue weighted by molar-refractivity contribution is 5.80. The van der Waals surface area contributed by atoms with E-state index in [0.717, 1.165) is 31.6 Å². The van der Waals surface area contributed by atoms with Crippen LogP contribution in [0.5, 0.6) is 0 Å². The normalized spacial score (nSPS) is 28.5. The molecule has 4 atom stereocenters. The molecule has 0 saturated heterocycles. The van der Waals surface area contributed by atoms with Gasteiger partial charge < -0.3 is 11.1 Å². The van der Waals surface area contributed by atoms with Gasteiger partial charge in [0.1, 0.15) is 0 Å². The first-order chi connectivity index (χ1) is 11.6. The van der Waals surface area contributed by atoms with Crippen molar-refractivity contribution in [1.82, 2.24) is 10.2 Å². The maximum Gasteiger partial charge on any atom is 0.225 e. The Labute approximate surface area is 145 Å². The van der Waals surface area contributed by atoms with Crippen LogP contribution >= 0.6 is 0 Å². The largest absolute Gasteiger partial charge is 0.352 e. The lowest BCUT2D eigenvalue weighted by molar-refractivity contribution is -0.127. The number of fused-ring (bicyclic) bond motifs is 2. The Morgan fingerprint density at radius 3 is 2.33 bits per heavy atom. The number of nitrogens with zero attached hydrogens (tertiary/aromatic N) is 1. The van der Waals surface area contributed by atoms with Crippen LogP contribution in [0.3, 0.4) is 0 Å². The van der Waals surface area contributed by atoms with E-state index in [1.54, 1.807) is 0 Å². The molecule has 4 unspecified atom stereocenters. The van der Waals surface area contributed by atoms with Gasteiger partial charge in [-0.25, -0.2) is 0 Å². The second kappa shape index (κ2) is 7.66. The molecule has 0 spiro atoms. The number of carbonyl (C=O) groups is 1. The van der Waals surface area contributed by atoms with E-state index in [1.165, 1.54) is 18.4 Å². The second-order valence-corrected chi connectivity index (χ2v) is 7.43. The van der Waals surface area contributed by atoms with Crippen molar-refractivity contribution in [3.05, 3.63) is 35.4 Å². The third kappa shape index (κ3) is 3.65. The Morgan fingerprint density at radius 2 is 1.75 bits per heavy atom. The second-order valence-electron chi connectivity index (χ2n) is 7.43. The number of benzene rings is 1. The summed E-state index contributed by atoms with van der Waals surface area (Å²) < 4.78 is 0. The van der Waals surface area contributed by atoms with Gasteiger partial charge in [0.15, 0.2) is 0 Å². The van der Waals surface area contributed by atoms with E-state index >= 15 is 0 Å². The van der Waals surface area contributed by atoms with Crippen LogP contribution in [0.4, 0.5) is 0 Å². The van der Waals surface area contributed by atoms with Crippen LogP contribution in [-0.4, -0.2) is 29.9 Å². The summed E-state index contributed by atoms with van der Waals surface area (Å²) in [5, 5.41) is 3.11. The quantitative estimate of drug-likeness (QED) is 0.808.